The molecule has 0 bridgehead atoms. The van der Waals surface area contributed by atoms with Crippen molar-refractivity contribution in [2.24, 2.45) is 0 Å². The van der Waals surface area contributed by atoms with E-state index in [0.29, 0.717) is 13.0 Å². The second-order valence-corrected chi connectivity index (χ2v) is 10.7. The van der Waals surface area contributed by atoms with Gasteiger partial charge < -0.3 is 9.64 Å². The zero-order chi connectivity index (χ0) is 21.1. The summed E-state index contributed by atoms with van der Waals surface area (Å²) in [4.78, 5) is 15.9. The van der Waals surface area contributed by atoms with Gasteiger partial charge in [0, 0.05) is 18.3 Å². The summed E-state index contributed by atoms with van der Waals surface area (Å²) < 4.78 is 43.3. The van der Waals surface area contributed by atoms with Crippen LogP contribution in [0.4, 0.5) is 4.39 Å². The Labute approximate surface area is 179 Å². The Kier molecular flexibility index (Phi) is 6.15. The molecule has 0 saturated carbocycles. The van der Waals surface area contributed by atoms with E-state index in [1.54, 1.807) is 28.8 Å². The van der Waals surface area contributed by atoms with Crippen LogP contribution in [0.2, 0.25) is 0 Å². The van der Waals surface area contributed by atoms with Gasteiger partial charge in [0.2, 0.25) is 0 Å². The standard InChI is InChI=1S/C22H22FNO4S2/c23-18-8-6-16(7-9-18)14-24(19-10-13-30(26,27)15-19)22(25)20-21(29-12-11-28-20)17-4-2-1-3-5-17/h1-9,19H,10-15H2/t19-/m0/s1. The zero-order valence-electron chi connectivity index (χ0n) is 16.3. The van der Waals surface area contributed by atoms with Crippen LogP contribution in [0.3, 0.4) is 0 Å². The smallest absolute Gasteiger partial charge is 0.290 e. The number of thioether (sulfide) groups is 1. The maximum atomic E-state index is 13.6. The van der Waals surface area contributed by atoms with E-state index in [-0.39, 0.29) is 35.5 Å². The third kappa shape index (κ3) is 4.70. The van der Waals surface area contributed by atoms with Crippen molar-refractivity contribution in [3.63, 3.8) is 0 Å². The number of halogens is 1. The quantitative estimate of drug-likeness (QED) is 0.702. The normalized spacial score (nSPS) is 20.6. The van der Waals surface area contributed by atoms with Crippen molar-refractivity contribution in [3.05, 3.63) is 77.3 Å². The molecular weight excluding hydrogens is 425 g/mol. The van der Waals surface area contributed by atoms with E-state index in [1.165, 1.54) is 12.1 Å². The number of carbonyl (C=O) groups excluding carboxylic acids is 1. The van der Waals surface area contributed by atoms with Crippen molar-refractivity contribution in [2.75, 3.05) is 23.9 Å². The summed E-state index contributed by atoms with van der Waals surface area (Å²) in [5, 5.41) is 0. The monoisotopic (exact) mass is 447 g/mol. The van der Waals surface area contributed by atoms with E-state index < -0.39 is 15.9 Å². The first-order chi connectivity index (χ1) is 14.4. The van der Waals surface area contributed by atoms with E-state index in [4.69, 9.17) is 4.74 Å². The summed E-state index contributed by atoms with van der Waals surface area (Å²) in [5.74, 6) is 0.292. The fraction of sp³-hybridized carbons (Fsp3) is 0.318. The number of amides is 1. The number of nitrogens with zero attached hydrogens (tertiary/aromatic N) is 1. The number of benzene rings is 2. The Morgan fingerprint density at radius 1 is 1.13 bits per heavy atom. The van der Waals surface area contributed by atoms with Gasteiger partial charge in [-0.1, -0.05) is 42.5 Å². The number of carbonyl (C=O) groups is 1. The topological polar surface area (TPSA) is 63.7 Å². The Morgan fingerprint density at radius 2 is 1.87 bits per heavy atom. The van der Waals surface area contributed by atoms with Crippen LogP contribution >= 0.6 is 11.8 Å². The van der Waals surface area contributed by atoms with Crippen molar-refractivity contribution < 1.29 is 22.3 Å². The molecule has 1 saturated heterocycles. The van der Waals surface area contributed by atoms with Crippen molar-refractivity contribution in [1.29, 1.82) is 0 Å². The van der Waals surface area contributed by atoms with Crippen LogP contribution in [0.15, 0.2) is 60.4 Å². The van der Waals surface area contributed by atoms with Gasteiger partial charge >= 0.3 is 0 Å². The van der Waals surface area contributed by atoms with Gasteiger partial charge in [-0.2, -0.15) is 0 Å². The minimum Gasteiger partial charge on any atom is -0.486 e. The predicted molar refractivity (Wildman–Crippen MR) is 116 cm³/mol. The average Bonchev–Trinajstić information content (AvgIpc) is 3.13. The van der Waals surface area contributed by atoms with E-state index in [2.05, 4.69) is 0 Å². The number of sulfone groups is 1. The van der Waals surface area contributed by atoms with E-state index in [1.807, 2.05) is 30.3 Å². The average molecular weight is 448 g/mol. The van der Waals surface area contributed by atoms with Gasteiger partial charge in [0.25, 0.3) is 5.91 Å². The summed E-state index contributed by atoms with van der Waals surface area (Å²) >= 11 is 1.56. The molecule has 0 aromatic heterocycles. The molecule has 1 fully saturated rings. The van der Waals surface area contributed by atoms with Gasteiger partial charge in [-0.3, -0.25) is 4.79 Å². The number of hydrogen-bond acceptors (Lipinski definition) is 5. The molecule has 2 aliphatic rings. The van der Waals surface area contributed by atoms with Crippen molar-refractivity contribution >= 4 is 32.4 Å². The lowest BCUT2D eigenvalue weighted by molar-refractivity contribution is -0.133. The van der Waals surface area contributed by atoms with Crippen LogP contribution in [0.25, 0.3) is 4.91 Å². The summed E-state index contributed by atoms with van der Waals surface area (Å²) in [7, 11) is -3.19. The largest absolute Gasteiger partial charge is 0.486 e. The molecule has 1 atom stereocenters. The molecule has 0 radical (unpaired) electrons. The van der Waals surface area contributed by atoms with E-state index in [0.717, 1.165) is 21.8 Å². The van der Waals surface area contributed by atoms with E-state index >= 15 is 0 Å². The van der Waals surface area contributed by atoms with Gasteiger partial charge in [0.1, 0.15) is 5.82 Å². The van der Waals surface area contributed by atoms with Gasteiger partial charge in [0.15, 0.2) is 15.6 Å². The molecule has 158 valence electrons. The highest BCUT2D eigenvalue weighted by Gasteiger charge is 2.37. The second kappa shape index (κ2) is 8.81. The number of rotatable bonds is 5. The molecule has 0 spiro atoms. The summed E-state index contributed by atoms with van der Waals surface area (Å²) in [6.45, 7) is 0.605. The minimum atomic E-state index is -3.19. The molecule has 2 aromatic rings. The summed E-state index contributed by atoms with van der Waals surface area (Å²) in [6.07, 6.45) is 0.385. The molecule has 1 amide bonds. The minimum absolute atomic E-state index is 0.0606. The Morgan fingerprint density at radius 3 is 2.53 bits per heavy atom. The number of hydrogen-bond donors (Lipinski definition) is 0. The first-order valence-corrected chi connectivity index (χ1v) is 12.5. The molecular formula is C22H22FNO4S2. The van der Waals surface area contributed by atoms with Crippen LogP contribution < -0.4 is 0 Å². The van der Waals surface area contributed by atoms with Crippen molar-refractivity contribution in [3.8, 4) is 0 Å². The zero-order valence-corrected chi connectivity index (χ0v) is 17.9. The molecule has 2 aliphatic heterocycles. The lowest BCUT2D eigenvalue weighted by Crippen LogP contribution is -2.42. The maximum Gasteiger partial charge on any atom is 0.290 e. The molecule has 2 aromatic carbocycles. The fourth-order valence-electron chi connectivity index (χ4n) is 3.69. The first kappa shape index (κ1) is 20.9. The lowest BCUT2D eigenvalue weighted by atomic mass is 10.1. The fourth-order valence-corrected chi connectivity index (χ4v) is 6.37. The van der Waals surface area contributed by atoms with Gasteiger partial charge in [0.05, 0.1) is 23.0 Å². The summed E-state index contributed by atoms with van der Waals surface area (Å²) in [6, 6.07) is 15.0. The third-order valence-corrected chi connectivity index (χ3v) is 8.02. The molecule has 4 rings (SSSR count). The van der Waals surface area contributed by atoms with Crippen LogP contribution in [0, 0.1) is 5.82 Å². The number of ether oxygens (including phenoxy) is 1. The van der Waals surface area contributed by atoms with Crippen molar-refractivity contribution in [2.45, 2.75) is 19.0 Å². The molecule has 0 N–H and O–H groups in total. The molecule has 5 nitrogen and oxygen atoms in total. The predicted octanol–water partition coefficient (Wildman–Crippen LogP) is 3.47. The van der Waals surface area contributed by atoms with Crippen LogP contribution in [0.5, 0.6) is 0 Å². The highest BCUT2D eigenvalue weighted by Crippen LogP contribution is 2.36. The molecule has 0 unspecified atom stereocenters. The highest BCUT2D eigenvalue weighted by atomic mass is 32.2. The van der Waals surface area contributed by atoms with Gasteiger partial charge in [-0.15, -0.1) is 11.8 Å². The first-order valence-electron chi connectivity index (χ1n) is 9.74. The maximum absolute atomic E-state index is 13.6. The second-order valence-electron chi connectivity index (χ2n) is 7.34. The molecule has 0 aliphatic carbocycles. The van der Waals surface area contributed by atoms with Gasteiger partial charge in [-0.25, -0.2) is 12.8 Å². The third-order valence-electron chi connectivity index (χ3n) is 5.19. The summed E-state index contributed by atoms with van der Waals surface area (Å²) in [5.41, 5.74) is 1.63. The highest BCUT2D eigenvalue weighted by molar-refractivity contribution is 8.08. The van der Waals surface area contributed by atoms with Crippen LogP contribution in [0.1, 0.15) is 17.5 Å². The Balaban J connectivity index is 1.70. The Hall–Kier alpha value is -2.32. The Bertz CT molecular complexity index is 1050. The van der Waals surface area contributed by atoms with Crippen molar-refractivity contribution in [1.82, 2.24) is 4.90 Å². The van der Waals surface area contributed by atoms with Crippen LogP contribution in [-0.2, 0) is 25.9 Å². The van der Waals surface area contributed by atoms with E-state index in [9.17, 15) is 17.6 Å². The van der Waals surface area contributed by atoms with Crippen LogP contribution in [-0.4, -0.2) is 49.1 Å². The van der Waals surface area contributed by atoms with Gasteiger partial charge in [-0.05, 0) is 29.7 Å². The molecule has 30 heavy (non-hydrogen) atoms. The molecule has 8 heteroatoms. The molecule has 2 heterocycles. The SMILES string of the molecule is O=C(C1=C(c2ccccc2)SCCO1)N(Cc1ccc(F)cc1)[C@H]1CCS(=O)(=O)C1. The lowest BCUT2D eigenvalue weighted by Gasteiger charge is -2.31.